The number of hydrogen-bond donors (Lipinski definition) is 1. The van der Waals surface area contributed by atoms with E-state index in [9.17, 15) is 14.9 Å². The second kappa shape index (κ2) is 8.92. The van der Waals surface area contributed by atoms with Gasteiger partial charge >= 0.3 is 5.97 Å². The first-order valence-electron chi connectivity index (χ1n) is 8.34. The number of esters is 1. The molecule has 9 nitrogen and oxygen atoms in total. The highest BCUT2D eigenvalue weighted by molar-refractivity contribution is 5.90. The van der Waals surface area contributed by atoms with Gasteiger partial charge in [0, 0.05) is 12.3 Å². The smallest absolute Gasteiger partial charge is 0.341 e. The van der Waals surface area contributed by atoms with Crippen LogP contribution in [0.1, 0.15) is 27.2 Å². The lowest BCUT2D eigenvalue weighted by Gasteiger charge is -2.10. The number of aromatic nitrogens is 2. The van der Waals surface area contributed by atoms with E-state index in [1.165, 1.54) is 19.4 Å². The molecule has 0 amide bonds. The fourth-order valence-corrected chi connectivity index (χ4v) is 2.33. The quantitative estimate of drug-likeness (QED) is 0.363. The van der Waals surface area contributed by atoms with Gasteiger partial charge < -0.3 is 10.1 Å². The van der Waals surface area contributed by atoms with Crippen LogP contribution in [0.3, 0.4) is 0 Å². The van der Waals surface area contributed by atoms with E-state index < -0.39 is 10.9 Å². The number of rotatable bonds is 5. The molecule has 0 saturated heterocycles. The van der Waals surface area contributed by atoms with Crippen LogP contribution in [-0.4, -0.2) is 53.5 Å². The molecule has 0 radical (unpaired) electrons. The van der Waals surface area contributed by atoms with Crippen LogP contribution in [0.25, 0.3) is 0 Å². The van der Waals surface area contributed by atoms with Crippen LogP contribution in [0, 0.1) is 35.8 Å². The summed E-state index contributed by atoms with van der Waals surface area (Å²) in [7, 11) is 5.02. The number of benzene rings is 1. The second-order valence-electron chi connectivity index (χ2n) is 6.29. The van der Waals surface area contributed by atoms with E-state index in [-0.39, 0.29) is 17.2 Å². The van der Waals surface area contributed by atoms with Crippen LogP contribution in [0.4, 0.5) is 17.3 Å². The molecule has 1 N–H and O–H groups in total. The third kappa shape index (κ3) is 5.02. The van der Waals surface area contributed by atoms with Crippen molar-refractivity contribution >= 4 is 23.3 Å². The van der Waals surface area contributed by atoms with Crippen molar-refractivity contribution in [3.63, 3.8) is 0 Å². The van der Waals surface area contributed by atoms with Crippen molar-refractivity contribution in [2.45, 2.75) is 13.8 Å². The summed E-state index contributed by atoms with van der Waals surface area (Å²) < 4.78 is 4.67. The Morgan fingerprint density at radius 2 is 2.07 bits per heavy atom. The molecule has 1 heterocycles. The fraction of sp³-hybridized carbons (Fsp3) is 0.316. The fourth-order valence-electron chi connectivity index (χ4n) is 2.33. The number of aryl methyl sites for hydroxylation is 2. The number of hydrogen-bond acceptors (Lipinski definition) is 8. The number of nitrogens with one attached hydrogen (secondary N) is 1. The monoisotopic (exact) mass is 383 g/mol. The maximum atomic E-state index is 11.6. The van der Waals surface area contributed by atoms with Crippen molar-refractivity contribution in [1.29, 1.82) is 0 Å². The molecule has 0 bridgehead atoms. The van der Waals surface area contributed by atoms with Crippen LogP contribution in [0.5, 0.6) is 0 Å². The van der Waals surface area contributed by atoms with E-state index in [4.69, 9.17) is 0 Å². The van der Waals surface area contributed by atoms with Gasteiger partial charge in [-0.15, -0.1) is 0 Å². The van der Waals surface area contributed by atoms with Gasteiger partial charge in [-0.1, -0.05) is 11.8 Å². The Balaban J connectivity index is 2.37. The van der Waals surface area contributed by atoms with Crippen LogP contribution in [0.2, 0.25) is 0 Å². The Bertz CT molecular complexity index is 976. The molecule has 1 aromatic carbocycles. The molecule has 0 aliphatic heterocycles. The van der Waals surface area contributed by atoms with Crippen molar-refractivity contribution in [3.8, 4) is 11.8 Å². The average molecular weight is 383 g/mol. The number of nitro benzene ring substituents is 1. The molecule has 146 valence electrons. The van der Waals surface area contributed by atoms with Crippen molar-refractivity contribution in [3.05, 3.63) is 50.8 Å². The normalized spacial score (nSPS) is 10.2. The number of nitro groups is 1. The van der Waals surface area contributed by atoms with Gasteiger partial charge in [0.2, 0.25) is 5.95 Å². The molecule has 9 heteroatoms. The maximum Gasteiger partial charge on any atom is 0.341 e. The summed E-state index contributed by atoms with van der Waals surface area (Å²) in [6.07, 6.45) is 1.35. The van der Waals surface area contributed by atoms with Gasteiger partial charge in [0.05, 0.1) is 35.5 Å². The molecule has 0 spiro atoms. The number of nitrogens with zero attached hydrogens (tertiary/aromatic N) is 4. The van der Waals surface area contributed by atoms with Crippen molar-refractivity contribution in [1.82, 2.24) is 14.9 Å². The molecule has 0 aliphatic carbocycles. The number of carbonyl (C=O) groups is 1. The minimum absolute atomic E-state index is 0.109. The Morgan fingerprint density at radius 1 is 1.36 bits per heavy atom. The third-order valence-corrected chi connectivity index (χ3v) is 3.79. The Kier molecular flexibility index (Phi) is 6.63. The van der Waals surface area contributed by atoms with Crippen LogP contribution >= 0.6 is 0 Å². The Labute approximate surface area is 162 Å². The first kappa shape index (κ1) is 20.8. The first-order chi connectivity index (χ1) is 13.2. The lowest BCUT2D eigenvalue weighted by atomic mass is 10.1. The molecule has 0 fully saturated rings. The summed E-state index contributed by atoms with van der Waals surface area (Å²) in [5.41, 5.74) is 2.15. The predicted octanol–water partition coefficient (Wildman–Crippen LogP) is 2.44. The van der Waals surface area contributed by atoms with Gasteiger partial charge in [0.15, 0.2) is 0 Å². The average Bonchev–Trinajstić information content (AvgIpc) is 2.62. The van der Waals surface area contributed by atoms with E-state index >= 15 is 0 Å². The number of anilines is 2. The molecule has 0 aliphatic rings. The van der Waals surface area contributed by atoms with Crippen LogP contribution < -0.4 is 5.32 Å². The van der Waals surface area contributed by atoms with E-state index in [0.717, 1.165) is 5.56 Å². The molecule has 2 rings (SSSR count). The summed E-state index contributed by atoms with van der Waals surface area (Å²) in [5, 5.41) is 14.4. The van der Waals surface area contributed by atoms with Crippen molar-refractivity contribution in [2.24, 2.45) is 0 Å². The Hall–Kier alpha value is -3.51. The summed E-state index contributed by atoms with van der Waals surface area (Å²) in [5.74, 6) is 5.44. The zero-order valence-corrected chi connectivity index (χ0v) is 16.4. The summed E-state index contributed by atoms with van der Waals surface area (Å²) in [4.78, 5) is 32.8. The van der Waals surface area contributed by atoms with E-state index in [1.807, 2.05) is 19.0 Å². The SMILES string of the molecule is COC(=O)c1cnc(Nc2cc([N+](=O)[O-])c(C#CCN(C)C)cc2C)nc1C. The molecule has 1 aromatic heterocycles. The van der Waals surface area contributed by atoms with Crippen LogP contribution in [-0.2, 0) is 4.74 Å². The maximum absolute atomic E-state index is 11.6. The molecule has 0 atom stereocenters. The third-order valence-electron chi connectivity index (χ3n) is 3.79. The lowest BCUT2D eigenvalue weighted by molar-refractivity contribution is -0.385. The summed E-state index contributed by atoms with van der Waals surface area (Å²) >= 11 is 0. The zero-order chi connectivity index (χ0) is 20.8. The molecule has 28 heavy (non-hydrogen) atoms. The van der Waals surface area contributed by atoms with E-state index in [0.29, 0.717) is 23.5 Å². The Morgan fingerprint density at radius 3 is 2.64 bits per heavy atom. The van der Waals surface area contributed by atoms with Crippen LogP contribution in [0.15, 0.2) is 18.3 Å². The van der Waals surface area contributed by atoms with Gasteiger partial charge in [0.25, 0.3) is 5.69 Å². The standard InChI is InChI=1S/C19H21N5O4/c1-12-9-14(7-6-8-23(3)4)17(24(26)27)10-16(12)22-19-20-11-15(13(2)21-19)18(25)28-5/h9-11H,8H2,1-5H3,(H,20,21,22). The highest BCUT2D eigenvalue weighted by atomic mass is 16.6. The van der Waals surface area contributed by atoms with Gasteiger partial charge in [-0.2, -0.15) is 0 Å². The molecule has 0 unspecified atom stereocenters. The van der Waals surface area contributed by atoms with Gasteiger partial charge in [0.1, 0.15) is 5.56 Å². The minimum Gasteiger partial charge on any atom is -0.465 e. The molecule has 2 aromatic rings. The summed E-state index contributed by atoms with van der Waals surface area (Å²) in [6.45, 7) is 3.95. The van der Waals surface area contributed by atoms with E-state index in [2.05, 4.69) is 31.9 Å². The van der Waals surface area contributed by atoms with E-state index in [1.54, 1.807) is 19.9 Å². The second-order valence-corrected chi connectivity index (χ2v) is 6.29. The predicted molar refractivity (Wildman–Crippen MR) is 105 cm³/mol. The molecular formula is C19H21N5O4. The largest absolute Gasteiger partial charge is 0.465 e. The number of carbonyl (C=O) groups excluding carboxylic acids is 1. The van der Waals surface area contributed by atoms with Crippen molar-refractivity contribution in [2.75, 3.05) is 33.1 Å². The number of methoxy groups -OCH3 is 1. The topological polar surface area (TPSA) is 110 Å². The minimum atomic E-state index is -0.531. The first-order valence-corrected chi connectivity index (χ1v) is 8.34. The summed E-state index contributed by atoms with van der Waals surface area (Å²) in [6, 6.07) is 3.06. The van der Waals surface area contributed by atoms with Gasteiger partial charge in [-0.25, -0.2) is 14.8 Å². The highest BCUT2D eigenvalue weighted by Crippen LogP contribution is 2.28. The molecule has 0 saturated carbocycles. The van der Waals surface area contributed by atoms with Gasteiger partial charge in [-0.3, -0.25) is 15.0 Å². The number of ether oxygens (including phenoxy) is 1. The highest BCUT2D eigenvalue weighted by Gasteiger charge is 2.17. The van der Waals surface area contributed by atoms with Crippen molar-refractivity contribution < 1.29 is 14.5 Å². The zero-order valence-electron chi connectivity index (χ0n) is 16.4. The molecular weight excluding hydrogens is 362 g/mol. The lowest BCUT2D eigenvalue weighted by Crippen LogP contribution is -2.11. The van der Waals surface area contributed by atoms with Gasteiger partial charge in [-0.05, 0) is 39.6 Å².